The second kappa shape index (κ2) is 9.75. The molecule has 4 rings (SSSR count). The summed E-state index contributed by atoms with van der Waals surface area (Å²) in [5.41, 5.74) is 7.03. The molecule has 176 valence electrons. The minimum atomic E-state index is -0.905. The van der Waals surface area contributed by atoms with Gasteiger partial charge >= 0.3 is 5.97 Å². The van der Waals surface area contributed by atoms with Crippen LogP contribution in [0.4, 0.5) is 0 Å². The molecule has 3 aromatic rings. The van der Waals surface area contributed by atoms with Gasteiger partial charge in [0.1, 0.15) is 0 Å². The summed E-state index contributed by atoms with van der Waals surface area (Å²) in [6.45, 7) is 9.41. The lowest BCUT2D eigenvalue weighted by Crippen LogP contribution is -2.34. The second-order valence-corrected chi connectivity index (χ2v) is 11.3. The number of aryl methyl sites for hydroxylation is 1. The Hall–Kier alpha value is -2.92. The van der Waals surface area contributed by atoms with Crippen LogP contribution in [0.3, 0.4) is 0 Å². The third kappa shape index (κ3) is 5.41. The number of nitrogens with zero attached hydrogens (tertiary/aromatic N) is 2. The maximum absolute atomic E-state index is 11.2. The number of thioether (sulfide) groups is 1. The Morgan fingerprint density at radius 1 is 0.971 bits per heavy atom. The van der Waals surface area contributed by atoms with Crippen molar-refractivity contribution in [1.29, 1.82) is 0 Å². The molecule has 0 bridgehead atoms. The van der Waals surface area contributed by atoms with E-state index in [1.807, 2.05) is 18.2 Å². The van der Waals surface area contributed by atoms with Crippen LogP contribution in [0.1, 0.15) is 78.7 Å². The predicted molar refractivity (Wildman–Crippen MR) is 141 cm³/mol. The number of aromatic nitrogens is 2. The van der Waals surface area contributed by atoms with Gasteiger partial charge in [-0.3, -0.25) is 0 Å². The normalized spacial score (nSPS) is 16.4. The highest BCUT2D eigenvalue weighted by atomic mass is 32.2. The van der Waals surface area contributed by atoms with Gasteiger partial charge in [0.2, 0.25) is 0 Å². The zero-order valence-electron chi connectivity index (χ0n) is 20.3. The number of fused-ring (bicyclic) bond motifs is 1. The van der Waals surface area contributed by atoms with Crippen LogP contribution in [0.15, 0.2) is 60.0 Å². The van der Waals surface area contributed by atoms with Crippen LogP contribution in [0.25, 0.3) is 12.2 Å². The lowest BCUT2D eigenvalue weighted by Gasteiger charge is -2.42. The number of carbonyl (C=O) groups is 1. The summed E-state index contributed by atoms with van der Waals surface area (Å²) in [5, 5.41) is 9.96. The summed E-state index contributed by atoms with van der Waals surface area (Å²) in [7, 11) is 0. The molecular formula is C29H32N2O2S. The summed E-state index contributed by atoms with van der Waals surface area (Å²) >= 11 is 1.68. The fraction of sp³-hybridized carbons (Fsp3) is 0.345. The summed E-state index contributed by atoms with van der Waals surface area (Å²) in [6, 6.07) is 13.7. The number of aromatic carboxylic acids is 1. The molecule has 1 heterocycles. The second-order valence-electron chi connectivity index (χ2n) is 10.3. The summed E-state index contributed by atoms with van der Waals surface area (Å²) < 4.78 is 0. The van der Waals surface area contributed by atoms with Gasteiger partial charge in [0, 0.05) is 18.1 Å². The van der Waals surface area contributed by atoms with E-state index in [9.17, 15) is 4.79 Å². The fourth-order valence-corrected chi connectivity index (χ4v) is 5.36. The average Bonchev–Trinajstić information content (AvgIpc) is 2.82. The van der Waals surface area contributed by atoms with Gasteiger partial charge in [-0.25, -0.2) is 14.8 Å². The van der Waals surface area contributed by atoms with Crippen molar-refractivity contribution >= 4 is 29.9 Å². The topological polar surface area (TPSA) is 63.1 Å². The molecule has 0 amide bonds. The largest absolute Gasteiger partial charge is 0.478 e. The first-order valence-corrected chi connectivity index (χ1v) is 12.7. The molecule has 0 spiro atoms. The number of hydrogen-bond donors (Lipinski definition) is 1. The van der Waals surface area contributed by atoms with Crippen molar-refractivity contribution in [2.75, 3.05) is 5.75 Å². The summed E-state index contributed by atoms with van der Waals surface area (Å²) in [4.78, 5) is 19.8. The minimum absolute atomic E-state index is 0.141. The number of benzene rings is 2. The maximum atomic E-state index is 11.2. The summed E-state index contributed by atoms with van der Waals surface area (Å²) in [6.07, 6.45) is 11.1. The van der Waals surface area contributed by atoms with E-state index in [0.29, 0.717) is 5.56 Å². The van der Waals surface area contributed by atoms with Crippen LogP contribution in [0, 0.1) is 0 Å². The van der Waals surface area contributed by atoms with Gasteiger partial charge in [-0.2, -0.15) is 0 Å². The highest BCUT2D eigenvalue weighted by molar-refractivity contribution is 7.99. The molecule has 4 nitrogen and oxygen atoms in total. The van der Waals surface area contributed by atoms with Gasteiger partial charge in [-0.15, -0.1) is 0 Å². The van der Waals surface area contributed by atoms with E-state index < -0.39 is 5.97 Å². The van der Waals surface area contributed by atoms with E-state index in [2.05, 4.69) is 61.9 Å². The fourth-order valence-electron chi connectivity index (χ4n) is 4.58. The van der Waals surface area contributed by atoms with Crippen molar-refractivity contribution in [3.63, 3.8) is 0 Å². The number of carboxylic acids is 1. The first-order valence-electron chi connectivity index (χ1n) is 11.7. The van der Waals surface area contributed by atoms with Crippen molar-refractivity contribution in [3.8, 4) is 0 Å². The molecule has 0 saturated carbocycles. The first kappa shape index (κ1) is 24.2. The number of carboxylic acid groups (broad SMARTS) is 1. The molecule has 0 aliphatic heterocycles. The standard InChI is InChI=1S/C29H32N2O2S/c1-28(2)13-14-29(3,4)25-19-23(12-17-34-27-30-15-5-16-31-27)22(18-24(25)28)11-8-20-6-9-21(10-7-20)26(32)33/h5-11,15-16,18-19H,12-14,17H2,1-4H3,(H,32,33). The van der Waals surface area contributed by atoms with Crippen molar-refractivity contribution in [2.24, 2.45) is 0 Å². The SMILES string of the molecule is CC1(C)CCC(C)(C)c2cc(CCSc3ncccn3)c(C=Cc3ccc(C(=O)O)cc3)cc21. The Balaban J connectivity index is 1.68. The van der Waals surface area contributed by atoms with Crippen molar-refractivity contribution in [1.82, 2.24) is 9.97 Å². The van der Waals surface area contributed by atoms with Gasteiger partial charge in [-0.1, -0.05) is 75.9 Å². The average molecular weight is 473 g/mol. The van der Waals surface area contributed by atoms with Crippen LogP contribution in [0.5, 0.6) is 0 Å². The molecular weight excluding hydrogens is 440 g/mol. The molecule has 5 heteroatoms. The zero-order chi connectivity index (χ0) is 24.3. The molecule has 0 saturated heterocycles. The lowest BCUT2D eigenvalue weighted by atomic mass is 9.62. The molecule has 2 aromatic carbocycles. The van der Waals surface area contributed by atoms with Crippen molar-refractivity contribution in [2.45, 2.75) is 62.9 Å². The molecule has 1 N–H and O–H groups in total. The van der Waals surface area contributed by atoms with E-state index in [1.165, 1.54) is 35.1 Å². The van der Waals surface area contributed by atoms with Gasteiger partial charge in [0.05, 0.1) is 5.56 Å². The van der Waals surface area contributed by atoms with Gasteiger partial charge in [0.15, 0.2) is 5.16 Å². The Bertz CT molecular complexity index is 1200. The smallest absolute Gasteiger partial charge is 0.335 e. The Morgan fingerprint density at radius 3 is 2.21 bits per heavy atom. The zero-order valence-corrected chi connectivity index (χ0v) is 21.2. The highest BCUT2D eigenvalue weighted by Gasteiger charge is 2.37. The van der Waals surface area contributed by atoms with Crippen LogP contribution in [-0.4, -0.2) is 26.8 Å². The first-order chi connectivity index (χ1) is 16.2. The van der Waals surface area contributed by atoms with Gasteiger partial charge in [-0.05, 0) is 76.1 Å². The third-order valence-corrected chi connectivity index (χ3v) is 7.75. The molecule has 1 aliphatic rings. The predicted octanol–water partition coefficient (Wildman–Crippen LogP) is 7.03. The van der Waals surface area contributed by atoms with E-state index in [0.717, 1.165) is 22.9 Å². The molecule has 0 atom stereocenters. The van der Waals surface area contributed by atoms with Crippen LogP contribution in [-0.2, 0) is 17.3 Å². The quantitative estimate of drug-likeness (QED) is 0.227. The maximum Gasteiger partial charge on any atom is 0.335 e. The van der Waals surface area contributed by atoms with Crippen LogP contribution in [0.2, 0.25) is 0 Å². The Morgan fingerprint density at radius 2 is 1.59 bits per heavy atom. The molecule has 0 unspecified atom stereocenters. The molecule has 1 aliphatic carbocycles. The van der Waals surface area contributed by atoms with Crippen molar-refractivity contribution in [3.05, 3.63) is 88.2 Å². The third-order valence-electron chi connectivity index (χ3n) is 6.87. The molecule has 34 heavy (non-hydrogen) atoms. The van der Waals surface area contributed by atoms with E-state index in [1.54, 1.807) is 36.3 Å². The highest BCUT2D eigenvalue weighted by Crippen LogP contribution is 2.46. The monoisotopic (exact) mass is 472 g/mol. The van der Waals surface area contributed by atoms with Crippen molar-refractivity contribution < 1.29 is 9.90 Å². The van der Waals surface area contributed by atoms with E-state index in [4.69, 9.17) is 5.11 Å². The molecule has 0 radical (unpaired) electrons. The Kier molecular flexibility index (Phi) is 6.94. The minimum Gasteiger partial charge on any atom is -0.478 e. The Labute approximate surface area is 206 Å². The number of hydrogen-bond acceptors (Lipinski definition) is 4. The molecule has 0 fully saturated rings. The number of rotatable bonds is 7. The molecule has 1 aromatic heterocycles. The summed E-state index contributed by atoms with van der Waals surface area (Å²) in [5.74, 6) is -0.00179. The van der Waals surface area contributed by atoms with Crippen LogP contribution < -0.4 is 0 Å². The van der Waals surface area contributed by atoms with Gasteiger partial charge in [0.25, 0.3) is 0 Å². The lowest BCUT2D eigenvalue weighted by molar-refractivity contribution is 0.0697. The van der Waals surface area contributed by atoms with E-state index >= 15 is 0 Å². The van der Waals surface area contributed by atoms with Crippen LogP contribution >= 0.6 is 11.8 Å². The van der Waals surface area contributed by atoms with Gasteiger partial charge < -0.3 is 5.11 Å². The van der Waals surface area contributed by atoms with E-state index in [-0.39, 0.29) is 10.8 Å².